The molecule has 23 heavy (non-hydrogen) atoms. The summed E-state index contributed by atoms with van der Waals surface area (Å²) < 4.78 is 0. The highest BCUT2D eigenvalue weighted by atomic mass is 16.1. The molecule has 7 nitrogen and oxygen atoms in total. The fourth-order valence-corrected chi connectivity index (χ4v) is 2.36. The molecule has 0 unspecified atom stereocenters. The number of hydrogen-bond acceptors (Lipinski definition) is 5. The number of nitrogens with zero attached hydrogens (tertiary/aromatic N) is 3. The van der Waals surface area contributed by atoms with Crippen LogP contribution < -0.4 is 10.9 Å². The zero-order chi connectivity index (χ0) is 15.6. The van der Waals surface area contributed by atoms with Gasteiger partial charge in [0, 0.05) is 35.1 Å². The van der Waals surface area contributed by atoms with Crippen LogP contribution in [0.15, 0.2) is 59.8 Å². The van der Waals surface area contributed by atoms with Crippen LogP contribution in [0.1, 0.15) is 0 Å². The summed E-state index contributed by atoms with van der Waals surface area (Å²) in [6.07, 6.45) is 5.10. The van der Waals surface area contributed by atoms with E-state index in [1.807, 2.05) is 30.3 Å². The molecule has 4 rings (SSSR count). The topological polar surface area (TPSA) is 99.4 Å². The Balaban J connectivity index is 1.71. The Labute approximate surface area is 130 Å². The minimum atomic E-state index is -0.319. The van der Waals surface area contributed by atoms with E-state index in [4.69, 9.17) is 0 Å². The average molecular weight is 304 g/mol. The van der Waals surface area contributed by atoms with Crippen LogP contribution in [0.5, 0.6) is 0 Å². The first-order valence-corrected chi connectivity index (χ1v) is 7.00. The number of nitrogens with one attached hydrogen (secondary N) is 3. The van der Waals surface area contributed by atoms with Crippen molar-refractivity contribution in [2.75, 3.05) is 5.32 Å². The zero-order valence-electron chi connectivity index (χ0n) is 11.9. The SMILES string of the molecule is O=c1cc(-c2ccncc2)[nH]c(Nc2ccc3cn[nH]c3c2)n1. The van der Waals surface area contributed by atoms with Gasteiger partial charge in [-0.25, -0.2) is 0 Å². The van der Waals surface area contributed by atoms with Gasteiger partial charge in [0.25, 0.3) is 5.56 Å². The van der Waals surface area contributed by atoms with Gasteiger partial charge in [0.15, 0.2) is 0 Å². The number of rotatable bonds is 3. The summed E-state index contributed by atoms with van der Waals surface area (Å²) in [7, 11) is 0. The first kappa shape index (κ1) is 13.2. The third-order valence-electron chi connectivity index (χ3n) is 3.44. The third kappa shape index (κ3) is 2.67. The molecule has 1 aromatic carbocycles. The van der Waals surface area contributed by atoms with E-state index in [1.165, 1.54) is 6.07 Å². The van der Waals surface area contributed by atoms with Crippen LogP contribution >= 0.6 is 0 Å². The average Bonchev–Trinajstić information content (AvgIpc) is 3.03. The molecule has 3 aromatic heterocycles. The monoisotopic (exact) mass is 304 g/mol. The smallest absolute Gasteiger partial charge is 0.275 e. The number of aromatic nitrogens is 5. The number of fused-ring (bicyclic) bond motifs is 1. The Kier molecular flexibility index (Phi) is 3.09. The van der Waals surface area contributed by atoms with Crippen molar-refractivity contribution in [3.8, 4) is 11.3 Å². The van der Waals surface area contributed by atoms with E-state index in [1.54, 1.807) is 18.6 Å². The molecule has 0 aliphatic rings. The molecule has 3 N–H and O–H groups in total. The fraction of sp³-hybridized carbons (Fsp3) is 0. The van der Waals surface area contributed by atoms with Crippen molar-refractivity contribution >= 4 is 22.5 Å². The molecule has 0 aliphatic heterocycles. The van der Waals surface area contributed by atoms with Crippen LogP contribution in [0.2, 0.25) is 0 Å². The van der Waals surface area contributed by atoms with Crippen molar-refractivity contribution < 1.29 is 0 Å². The number of benzene rings is 1. The molecule has 0 bridgehead atoms. The summed E-state index contributed by atoms with van der Waals surface area (Å²) in [5.74, 6) is 0.378. The predicted molar refractivity (Wildman–Crippen MR) is 87.5 cm³/mol. The fourth-order valence-electron chi connectivity index (χ4n) is 2.36. The van der Waals surface area contributed by atoms with Crippen LogP contribution in [0.25, 0.3) is 22.2 Å². The van der Waals surface area contributed by atoms with Crippen LogP contribution in [0.3, 0.4) is 0 Å². The van der Waals surface area contributed by atoms with Crippen LogP contribution in [0.4, 0.5) is 11.6 Å². The highest BCUT2D eigenvalue weighted by Crippen LogP contribution is 2.20. The Morgan fingerprint density at radius 3 is 2.78 bits per heavy atom. The lowest BCUT2D eigenvalue weighted by Crippen LogP contribution is -2.10. The molecule has 0 saturated carbocycles. The zero-order valence-corrected chi connectivity index (χ0v) is 11.9. The number of pyridine rings is 1. The quantitative estimate of drug-likeness (QED) is 0.540. The molecule has 4 aromatic rings. The van der Waals surface area contributed by atoms with Gasteiger partial charge in [-0.3, -0.25) is 14.9 Å². The standard InChI is InChI=1S/C16H12N6O/c23-15-8-13(10-3-5-17-6-4-10)20-16(21-15)19-12-2-1-11-9-18-22-14(11)7-12/h1-9H,(H,18,22)(H2,19,20,21,23). The maximum Gasteiger partial charge on any atom is 0.275 e. The summed E-state index contributed by atoms with van der Waals surface area (Å²) >= 11 is 0. The van der Waals surface area contributed by atoms with Gasteiger partial charge in [-0.1, -0.05) is 0 Å². The largest absolute Gasteiger partial charge is 0.326 e. The van der Waals surface area contributed by atoms with Gasteiger partial charge in [-0.15, -0.1) is 0 Å². The van der Waals surface area contributed by atoms with E-state index >= 15 is 0 Å². The van der Waals surface area contributed by atoms with Crippen molar-refractivity contribution in [2.45, 2.75) is 0 Å². The van der Waals surface area contributed by atoms with E-state index in [0.29, 0.717) is 11.6 Å². The van der Waals surface area contributed by atoms with E-state index < -0.39 is 0 Å². The van der Waals surface area contributed by atoms with E-state index in [-0.39, 0.29) is 5.56 Å². The summed E-state index contributed by atoms with van der Waals surface area (Å²) in [6.45, 7) is 0. The second kappa shape index (κ2) is 5.38. The normalized spacial score (nSPS) is 10.8. The summed E-state index contributed by atoms with van der Waals surface area (Å²) in [4.78, 5) is 22.9. The number of aromatic amines is 2. The lowest BCUT2D eigenvalue weighted by atomic mass is 10.2. The van der Waals surface area contributed by atoms with E-state index in [9.17, 15) is 4.79 Å². The van der Waals surface area contributed by atoms with Gasteiger partial charge in [0.2, 0.25) is 5.95 Å². The van der Waals surface area contributed by atoms with Gasteiger partial charge >= 0.3 is 0 Å². The van der Waals surface area contributed by atoms with Crippen molar-refractivity contribution in [3.63, 3.8) is 0 Å². The van der Waals surface area contributed by atoms with E-state index in [2.05, 4.69) is 30.5 Å². The Morgan fingerprint density at radius 2 is 1.91 bits per heavy atom. The second-order valence-corrected chi connectivity index (χ2v) is 5.01. The minimum absolute atomic E-state index is 0.319. The Morgan fingerprint density at radius 1 is 1.04 bits per heavy atom. The lowest BCUT2D eigenvalue weighted by Gasteiger charge is -2.08. The highest BCUT2D eigenvalue weighted by Gasteiger charge is 2.05. The van der Waals surface area contributed by atoms with Gasteiger partial charge < -0.3 is 10.3 Å². The summed E-state index contributed by atoms with van der Waals surface area (Å²) in [6, 6.07) is 10.8. The minimum Gasteiger partial charge on any atom is -0.326 e. The number of H-pyrrole nitrogens is 2. The van der Waals surface area contributed by atoms with Crippen LogP contribution in [0, 0.1) is 0 Å². The maximum atomic E-state index is 11.8. The van der Waals surface area contributed by atoms with Gasteiger partial charge in [0.1, 0.15) is 0 Å². The molecule has 0 saturated heterocycles. The molecule has 3 heterocycles. The molecular weight excluding hydrogens is 292 g/mol. The van der Waals surface area contributed by atoms with Crippen molar-refractivity contribution in [2.24, 2.45) is 0 Å². The lowest BCUT2D eigenvalue weighted by molar-refractivity contribution is 1.12. The highest BCUT2D eigenvalue weighted by molar-refractivity contribution is 5.82. The van der Waals surface area contributed by atoms with Crippen molar-refractivity contribution in [1.29, 1.82) is 0 Å². The summed E-state index contributed by atoms with van der Waals surface area (Å²) in [5.41, 5.74) is 2.93. The molecule has 0 spiro atoms. The molecule has 0 fully saturated rings. The van der Waals surface area contributed by atoms with Gasteiger partial charge in [-0.2, -0.15) is 10.1 Å². The first-order chi connectivity index (χ1) is 11.3. The van der Waals surface area contributed by atoms with Crippen molar-refractivity contribution in [3.05, 3.63) is 65.3 Å². The third-order valence-corrected chi connectivity index (χ3v) is 3.44. The number of hydrogen-bond donors (Lipinski definition) is 3. The number of anilines is 2. The van der Waals surface area contributed by atoms with Crippen LogP contribution in [-0.2, 0) is 0 Å². The van der Waals surface area contributed by atoms with Crippen molar-refractivity contribution in [1.82, 2.24) is 25.1 Å². The van der Waals surface area contributed by atoms with Crippen LogP contribution in [-0.4, -0.2) is 25.1 Å². The molecule has 0 radical (unpaired) electrons. The predicted octanol–water partition coefficient (Wildman–Crippen LogP) is 2.45. The summed E-state index contributed by atoms with van der Waals surface area (Å²) in [5, 5.41) is 11.0. The molecule has 0 amide bonds. The maximum absolute atomic E-state index is 11.8. The molecule has 112 valence electrons. The molecule has 7 heteroatoms. The Bertz CT molecular complexity index is 1020. The molecular formula is C16H12N6O. The second-order valence-electron chi connectivity index (χ2n) is 5.01. The van der Waals surface area contributed by atoms with E-state index in [0.717, 1.165) is 22.2 Å². The van der Waals surface area contributed by atoms with Gasteiger partial charge in [-0.05, 0) is 30.3 Å². The molecule has 0 atom stereocenters. The van der Waals surface area contributed by atoms with Gasteiger partial charge in [0.05, 0.1) is 17.4 Å². The Hall–Kier alpha value is -3.48. The molecule has 0 aliphatic carbocycles. The first-order valence-electron chi connectivity index (χ1n) is 7.00.